The lowest BCUT2D eigenvalue weighted by Crippen LogP contribution is -2.12. The quantitative estimate of drug-likeness (QED) is 0.807. The normalized spacial score (nSPS) is 11.2. The molecule has 0 saturated heterocycles. The van der Waals surface area contributed by atoms with Gasteiger partial charge in [0.15, 0.2) is 0 Å². The van der Waals surface area contributed by atoms with Crippen molar-refractivity contribution in [2.24, 2.45) is 0 Å². The Bertz CT molecular complexity index is 805. The molecule has 3 aromatic heterocycles. The van der Waals surface area contributed by atoms with Gasteiger partial charge >= 0.3 is 0 Å². The van der Waals surface area contributed by atoms with Crippen LogP contribution in [0, 0.1) is 6.92 Å². The predicted molar refractivity (Wildman–Crippen MR) is 81.9 cm³/mol. The Morgan fingerprint density at radius 1 is 1.38 bits per heavy atom. The average molecular weight is 301 g/mol. The number of amides is 1. The Labute approximate surface area is 125 Å². The third-order valence-electron chi connectivity index (χ3n) is 3.00. The summed E-state index contributed by atoms with van der Waals surface area (Å²) < 4.78 is 1.88. The molecule has 0 saturated carbocycles. The van der Waals surface area contributed by atoms with Crippen molar-refractivity contribution in [1.82, 2.24) is 19.6 Å². The molecular formula is C14H15N5OS. The fourth-order valence-corrected chi connectivity index (χ4v) is 2.68. The van der Waals surface area contributed by atoms with E-state index in [2.05, 4.69) is 20.5 Å². The van der Waals surface area contributed by atoms with Crippen molar-refractivity contribution in [3.05, 3.63) is 40.8 Å². The summed E-state index contributed by atoms with van der Waals surface area (Å²) in [4.78, 5) is 16.6. The zero-order valence-corrected chi connectivity index (χ0v) is 12.8. The number of anilines is 1. The molecule has 0 unspecified atom stereocenters. The van der Waals surface area contributed by atoms with Gasteiger partial charge in [0.1, 0.15) is 10.7 Å². The van der Waals surface area contributed by atoms with Crippen molar-refractivity contribution in [3.8, 4) is 0 Å². The summed E-state index contributed by atoms with van der Waals surface area (Å²) in [6, 6.07) is 3.51. The molecule has 1 N–H and O–H groups in total. The number of pyridine rings is 1. The van der Waals surface area contributed by atoms with Crippen molar-refractivity contribution >= 4 is 28.0 Å². The summed E-state index contributed by atoms with van der Waals surface area (Å²) in [7, 11) is 0. The molecule has 7 heteroatoms. The first-order chi connectivity index (χ1) is 10.0. The Balaban J connectivity index is 1.82. The number of fused-ring (bicyclic) bond motifs is 1. The van der Waals surface area contributed by atoms with Crippen molar-refractivity contribution in [3.63, 3.8) is 0 Å². The predicted octanol–water partition coefficient (Wildman–Crippen LogP) is 2.87. The Hall–Kier alpha value is -2.28. The lowest BCUT2D eigenvalue weighted by molar-refractivity contribution is 0.102. The minimum Gasteiger partial charge on any atom is -0.307 e. The summed E-state index contributed by atoms with van der Waals surface area (Å²) >= 11 is 1.40. The van der Waals surface area contributed by atoms with Crippen LogP contribution < -0.4 is 5.32 Å². The van der Waals surface area contributed by atoms with Crippen LogP contribution in [0.5, 0.6) is 0 Å². The largest absolute Gasteiger partial charge is 0.307 e. The first kappa shape index (κ1) is 13.7. The molecule has 3 rings (SSSR count). The van der Waals surface area contributed by atoms with Crippen LogP contribution in [-0.4, -0.2) is 25.5 Å². The number of carbonyl (C=O) groups is 1. The van der Waals surface area contributed by atoms with Crippen LogP contribution >= 0.6 is 11.3 Å². The molecule has 0 aliphatic carbocycles. The van der Waals surface area contributed by atoms with Crippen LogP contribution in [0.2, 0.25) is 0 Å². The molecule has 0 atom stereocenters. The third kappa shape index (κ3) is 2.78. The van der Waals surface area contributed by atoms with Gasteiger partial charge in [-0.3, -0.25) is 10.1 Å². The molecule has 0 aliphatic heterocycles. The monoisotopic (exact) mass is 301 g/mol. The van der Waals surface area contributed by atoms with Gasteiger partial charge in [0, 0.05) is 23.9 Å². The molecule has 3 heterocycles. The SMILES string of the molecule is Cc1cn2ccc(C(=O)Nc3nnc(C(C)C)s3)cc2n1. The zero-order chi connectivity index (χ0) is 15.0. The van der Waals surface area contributed by atoms with Gasteiger partial charge in [-0.15, -0.1) is 10.2 Å². The molecular weight excluding hydrogens is 286 g/mol. The van der Waals surface area contributed by atoms with Gasteiger partial charge in [-0.25, -0.2) is 4.98 Å². The number of aryl methyl sites for hydroxylation is 1. The van der Waals surface area contributed by atoms with Gasteiger partial charge in [-0.2, -0.15) is 0 Å². The second-order valence-corrected chi connectivity index (χ2v) is 6.13. The molecule has 0 spiro atoms. The number of hydrogen-bond donors (Lipinski definition) is 1. The van der Waals surface area contributed by atoms with E-state index < -0.39 is 0 Å². The smallest absolute Gasteiger partial charge is 0.257 e. The van der Waals surface area contributed by atoms with Crippen LogP contribution in [0.1, 0.15) is 40.8 Å². The Morgan fingerprint density at radius 2 is 2.19 bits per heavy atom. The summed E-state index contributed by atoms with van der Waals surface area (Å²) in [6.07, 6.45) is 3.74. The number of imidazole rings is 1. The number of nitrogens with one attached hydrogen (secondary N) is 1. The number of aromatic nitrogens is 4. The number of nitrogens with zero attached hydrogens (tertiary/aromatic N) is 4. The summed E-state index contributed by atoms with van der Waals surface area (Å²) in [6.45, 7) is 6.00. The van der Waals surface area contributed by atoms with Gasteiger partial charge < -0.3 is 4.40 Å². The Kier molecular flexibility index (Phi) is 3.42. The van der Waals surface area contributed by atoms with Crippen molar-refractivity contribution < 1.29 is 4.79 Å². The van der Waals surface area contributed by atoms with E-state index in [0.717, 1.165) is 16.3 Å². The molecule has 21 heavy (non-hydrogen) atoms. The molecule has 6 nitrogen and oxygen atoms in total. The Morgan fingerprint density at radius 3 is 2.90 bits per heavy atom. The molecule has 0 bridgehead atoms. The van der Waals surface area contributed by atoms with E-state index in [9.17, 15) is 4.79 Å². The molecule has 0 fully saturated rings. The number of hydrogen-bond acceptors (Lipinski definition) is 5. The second-order valence-electron chi connectivity index (χ2n) is 5.12. The highest BCUT2D eigenvalue weighted by molar-refractivity contribution is 7.15. The standard InChI is InChI=1S/C14H15N5OS/c1-8(2)13-17-18-14(21-13)16-12(20)10-4-5-19-7-9(3)15-11(19)6-10/h4-8H,1-3H3,(H,16,18,20). The minimum atomic E-state index is -0.204. The maximum atomic E-state index is 12.2. The average Bonchev–Trinajstić information content (AvgIpc) is 3.02. The van der Waals surface area contributed by atoms with Crippen LogP contribution in [0.3, 0.4) is 0 Å². The van der Waals surface area contributed by atoms with Gasteiger partial charge in [0.05, 0.1) is 5.69 Å². The molecule has 0 aliphatic rings. The maximum absolute atomic E-state index is 12.2. The second kappa shape index (κ2) is 5.25. The van der Waals surface area contributed by atoms with Crippen LogP contribution in [0.15, 0.2) is 24.5 Å². The first-order valence-corrected chi connectivity index (χ1v) is 7.44. The maximum Gasteiger partial charge on any atom is 0.257 e. The topological polar surface area (TPSA) is 72.2 Å². The zero-order valence-electron chi connectivity index (χ0n) is 12.0. The number of carbonyl (C=O) groups excluding carboxylic acids is 1. The fourth-order valence-electron chi connectivity index (χ4n) is 1.94. The minimum absolute atomic E-state index is 0.204. The molecule has 0 radical (unpaired) electrons. The highest BCUT2D eigenvalue weighted by atomic mass is 32.1. The lowest BCUT2D eigenvalue weighted by atomic mass is 10.2. The van der Waals surface area contributed by atoms with E-state index in [-0.39, 0.29) is 5.91 Å². The van der Waals surface area contributed by atoms with Gasteiger partial charge in [0.25, 0.3) is 5.91 Å². The first-order valence-electron chi connectivity index (χ1n) is 6.63. The van der Waals surface area contributed by atoms with Crippen LogP contribution in [-0.2, 0) is 0 Å². The third-order valence-corrected chi connectivity index (χ3v) is 4.14. The molecule has 0 aromatic carbocycles. The summed E-state index contributed by atoms with van der Waals surface area (Å²) in [5.74, 6) is 0.0991. The molecule has 1 amide bonds. The molecule has 3 aromatic rings. The van der Waals surface area contributed by atoms with Crippen molar-refractivity contribution in [2.45, 2.75) is 26.7 Å². The van der Waals surface area contributed by atoms with E-state index in [1.54, 1.807) is 12.1 Å². The van der Waals surface area contributed by atoms with E-state index in [1.165, 1.54) is 11.3 Å². The van der Waals surface area contributed by atoms with E-state index in [4.69, 9.17) is 0 Å². The lowest BCUT2D eigenvalue weighted by Gasteiger charge is -2.01. The number of rotatable bonds is 3. The molecule has 108 valence electrons. The highest BCUT2D eigenvalue weighted by Gasteiger charge is 2.12. The van der Waals surface area contributed by atoms with E-state index in [1.807, 2.05) is 37.6 Å². The van der Waals surface area contributed by atoms with Crippen molar-refractivity contribution in [1.29, 1.82) is 0 Å². The summed E-state index contributed by atoms with van der Waals surface area (Å²) in [5, 5.41) is 12.2. The van der Waals surface area contributed by atoms with Gasteiger partial charge in [0.2, 0.25) is 5.13 Å². The van der Waals surface area contributed by atoms with Gasteiger partial charge in [-0.1, -0.05) is 25.2 Å². The van der Waals surface area contributed by atoms with Gasteiger partial charge in [-0.05, 0) is 19.1 Å². The fraction of sp³-hybridized carbons (Fsp3) is 0.286. The van der Waals surface area contributed by atoms with E-state index in [0.29, 0.717) is 16.6 Å². The highest BCUT2D eigenvalue weighted by Crippen LogP contribution is 2.22. The van der Waals surface area contributed by atoms with Crippen molar-refractivity contribution in [2.75, 3.05) is 5.32 Å². The van der Waals surface area contributed by atoms with Crippen LogP contribution in [0.25, 0.3) is 5.65 Å². The van der Waals surface area contributed by atoms with Crippen LogP contribution in [0.4, 0.5) is 5.13 Å². The van der Waals surface area contributed by atoms with E-state index >= 15 is 0 Å². The summed E-state index contributed by atoms with van der Waals surface area (Å²) in [5.41, 5.74) is 2.22.